The van der Waals surface area contributed by atoms with Crippen molar-refractivity contribution < 1.29 is 14.7 Å². The molecule has 5 heteroatoms. The Kier molecular flexibility index (Phi) is 7.65. The van der Waals surface area contributed by atoms with Crippen molar-refractivity contribution in [2.45, 2.75) is 18.9 Å². The third-order valence-corrected chi connectivity index (χ3v) is 6.47. The van der Waals surface area contributed by atoms with E-state index in [1.165, 1.54) is 10.8 Å². The van der Waals surface area contributed by atoms with Gasteiger partial charge in [0.05, 0.1) is 5.92 Å². The molecule has 0 aliphatic carbocycles. The number of benzene rings is 4. The highest BCUT2D eigenvalue weighted by atomic mass is 32.1. The summed E-state index contributed by atoms with van der Waals surface area (Å²) < 4.78 is 0. The molecule has 0 spiro atoms. The van der Waals surface area contributed by atoms with E-state index in [1.54, 1.807) is 0 Å². The normalized spacial score (nSPS) is 12.7. The van der Waals surface area contributed by atoms with Crippen molar-refractivity contribution in [1.29, 1.82) is 0 Å². The van der Waals surface area contributed by atoms with E-state index in [0.717, 1.165) is 22.3 Å². The molecule has 0 aliphatic heterocycles. The Morgan fingerprint density at radius 1 is 0.765 bits per heavy atom. The van der Waals surface area contributed by atoms with Crippen molar-refractivity contribution in [3.05, 3.63) is 108 Å². The predicted octanol–water partition coefficient (Wildman–Crippen LogP) is 5.41. The van der Waals surface area contributed by atoms with E-state index < -0.39 is 17.9 Å². The van der Waals surface area contributed by atoms with Gasteiger partial charge in [0.1, 0.15) is 6.04 Å². The van der Waals surface area contributed by atoms with Gasteiger partial charge in [0.25, 0.3) is 0 Å². The molecular weight excluding hydrogens is 442 g/mol. The Labute approximate surface area is 205 Å². The molecule has 0 bridgehead atoms. The second-order valence-electron chi connectivity index (χ2n) is 8.40. The molecule has 0 heterocycles. The van der Waals surface area contributed by atoms with E-state index >= 15 is 0 Å². The zero-order valence-electron chi connectivity index (χ0n) is 18.7. The summed E-state index contributed by atoms with van der Waals surface area (Å²) in [7, 11) is 0. The van der Waals surface area contributed by atoms with E-state index in [1.807, 2.05) is 72.8 Å². The molecule has 0 aromatic heterocycles. The fourth-order valence-corrected chi connectivity index (χ4v) is 4.46. The third-order valence-electron chi connectivity index (χ3n) is 6.03. The van der Waals surface area contributed by atoms with Gasteiger partial charge in [0, 0.05) is 12.2 Å². The zero-order chi connectivity index (χ0) is 23.9. The van der Waals surface area contributed by atoms with Crippen LogP contribution in [0.3, 0.4) is 0 Å². The molecule has 0 saturated heterocycles. The fraction of sp³-hybridized carbons (Fsp3) is 0.172. The van der Waals surface area contributed by atoms with E-state index in [4.69, 9.17) is 0 Å². The lowest BCUT2D eigenvalue weighted by atomic mass is 9.96. The monoisotopic (exact) mass is 469 g/mol. The van der Waals surface area contributed by atoms with Gasteiger partial charge in [-0.1, -0.05) is 97.1 Å². The van der Waals surface area contributed by atoms with Crippen molar-refractivity contribution >= 4 is 35.3 Å². The zero-order valence-corrected chi connectivity index (χ0v) is 19.6. The Hall–Kier alpha value is -3.57. The Morgan fingerprint density at radius 3 is 2.12 bits per heavy atom. The van der Waals surface area contributed by atoms with Crippen LogP contribution in [0.2, 0.25) is 0 Å². The number of carboxylic acid groups (broad SMARTS) is 1. The summed E-state index contributed by atoms with van der Waals surface area (Å²) >= 11 is 4.32. The van der Waals surface area contributed by atoms with Gasteiger partial charge >= 0.3 is 5.97 Å². The number of aliphatic carboxylic acids is 1. The maximum absolute atomic E-state index is 12.8. The number of carboxylic acids is 1. The fourth-order valence-electron chi connectivity index (χ4n) is 4.16. The molecule has 1 unspecified atom stereocenters. The minimum absolute atomic E-state index is 0.210. The smallest absolute Gasteiger partial charge is 0.326 e. The lowest BCUT2D eigenvalue weighted by Gasteiger charge is -2.19. The van der Waals surface area contributed by atoms with E-state index in [0.29, 0.717) is 12.2 Å². The second-order valence-corrected chi connectivity index (χ2v) is 8.76. The van der Waals surface area contributed by atoms with Gasteiger partial charge in [-0.3, -0.25) is 4.79 Å². The number of hydrogen-bond donors (Lipinski definition) is 3. The lowest BCUT2D eigenvalue weighted by Crippen LogP contribution is -2.45. The molecule has 34 heavy (non-hydrogen) atoms. The van der Waals surface area contributed by atoms with E-state index in [9.17, 15) is 14.7 Å². The topological polar surface area (TPSA) is 66.4 Å². The number of rotatable bonds is 9. The van der Waals surface area contributed by atoms with Crippen LogP contribution in [0.1, 0.15) is 11.1 Å². The first-order chi connectivity index (χ1) is 16.5. The maximum atomic E-state index is 12.8. The van der Waals surface area contributed by atoms with Gasteiger partial charge in [-0.25, -0.2) is 4.79 Å². The van der Waals surface area contributed by atoms with Crippen LogP contribution in [0.5, 0.6) is 0 Å². The Morgan fingerprint density at radius 2 is 1.41 bits per heavy atom. The van der Waals surface area contributed by atoms with E-state index in [2.05, 4.69) is 42.2 Å². The van der Waals surface area contributed by atoms with Crippen LogP contribution < -0.4 is 5.32 Å². The highest BCUT2D eigenvalue weighted by molar-refractivity contribution is 7.80. The molecule has 4 rings (SSSR count). The number of fused-ring (bicyclic) bond motifs is 1. The highest BCUT2D eigenvalue weighted by Gasteiger charge is 2.25. The van der Waals surface area contributed by atoms with Crippen LogP contribution in [-0.2, 0) is 22.4 Å². The molecule has 0 radical (unpaired) electrons. The van der Waals surface area contributed by atoms with Gasteiger partial charge in [0.15, 0.2) is 0 Å². The van der Waals surface area contributed by atoms with Crippen molar-refractivity contribution in [3.63, 3.8) is 0 Å². The van der Waals surface area contributed by atoms with Crippen LogP contribution in [0, 0.1) is 5.92 Å². The van der Waals surface area contributed by atoms with Gasteiger partial charge in [-0.15, -0.1) is 0 Å². The summed E-state index contributed by atoms with van der Waals surface area (Å²) in [6.45, 7) is 0. The first kappa shape index (κ1) is 23.6. The Bertz CT molecular complexity index is 1270. The van der Waals surface area contributed by atoms with Crippen molar-refractivity contribution in [1.82, 2.24) is 5.32 Å². The molecule has 0 fully saturated rings. The second kappa shape index (κ2) is 11.0. The predicted molar refractivity (Wildman–Crippen MR) is 140 cm³/mol. The number of carbonyl (C=O) groups is 2. The summed E-state index contributed by atoms with van der Waals surface area (Å²) in [6, 6.07) is 31.0. The molecule has 2 N–H and O–H groups in total. The third kappa shape index (κ3) is 5.67. The first-order valence-corrected chi connectivity index (χ1v) is 11.9. The van der Waals surface area contributed by atoms with Gasteiger partial charge < -0.3 is 10.4 Å². The molecule has 0 saturated carbocycles. The minimum atomic E-state index is -1.05. The summed E-state index contributed by atoms with van der Waals surface area (Å²) in [4.78, 5) is 24.7. The maximum Gasteiger partial charge on any atom is 0.326 e. The Balaban J connectivity index is 1.46. The molecule has 0 aliphatic rings. The molecule has 4 aromatic rings. The first-order valence-electron chi connectivity index (χ1n) is 11.3. The summed E-state index contributed by atoms with van der Waals surface area (Å²) in [5.41, 5.74) is 4.06. The average Bonchev–Trinajstić information content (AvgIpc) is 2.87. The van der Waals surface area contributed by atoms with Crippen molar-refractivity contribution in [2.75, 3.05) is 5.75 Å². The van der Waals surface area contributed by atoms with Crippen molar-refractivity contribution in [2.24, 2.45) is 5.92 Å². The number of amides is 1. The lowest BCUT2D eigenvalue weighted by molar-refractivity contribution is -0.142. The van der Waals surface area contributed by atoms with Crippen LogP contribution >= 0.6 is 12.6 Å². The molecule has 1 amide bonds. The molecule has 2 atom stereocenters. The number of thiol groups is 1. The van der Waals surface area contributed by atoms with Gasteiger partial charge in [0.2, 0.25) is 5.91 Å². The largest absolute Gasteiger partial charge is 0.480 e. The average molecular weight is 470 g/mol. The number of carbonyl (C=O) groups excluding carboxylic acids is 1. The summed E-state index contributed by atoms with van der Waals surface area (Å²) in [5, 5.41) is 14.8. The molecular formula is C29H27NO3S. The van der Waals surface area contributed by atoms with Gasteiger partial charge in [-0.2, -0.15) is 12.6 Å². The molecule has 4 aromatic carbocycles. The van der Waals surface area contributed by atoms with Crippen molar-refractivity contribution in [3.8, 4) is 11.1 Å². The number of hydrogen-bond acceptors (Lipinski definition) is 3. The van der Waals surface area contributed by atoms with Crippen LogP contribution in [-0.4, -0.2) is 28.8 Å². The number of nitrogens with one attached hydrogen (secondary N) is 1. The van der Waals surface area contributed by atoms with E-state index in [-0.39, 0.29) is 12.3 Å². The van der Waals surface area contributed by atoms with Crippen LogP contribution in [0.4, 0.5) is 0 Å². The summed E-state index contributed by atoms with van der Waals surface area (Å²) in [6.07, 6.45) is 0.726. The van der Waals surface area contributed by atoms with Crippen LogP contribution in [0.25, 0.3) is 21.9 Å². The standard InChI is InChI=1S/C29H27NO3S/c31-28(24(19-34)17-20-7-2-1-3-8-20)30-27(29(32)33)18-21-13-15-23(16-14-21)26-12-6-10-22-9-4-5-11-25(22)26/h1-16,24,27,34H,17-19H2,(H,30,31)(H,32,33)/t24-,27?/m1/s1. The minimum Gasteiger partial charge on any atom is -0.480 e. The van der Waals surface area contributed by atoms with Crippen LogP contribution in [0.15, 0.2) is 97.1 Å². The summed E-state index contributed by atoms with van der Waals surface area (Å²) in [5.74, 6) is -1.41. The molecule has 4 nitrogen and oxygen atoms in total. The quantitative estimate of drug-likeness (QED) is 0.287. The van der Waals surface area contributed by atoms with Gasteiger partial charge in [-0.05, 0) is 39.4 Å². The SMILES string of the molecule is O=C(O)C(Cc1ccc(-c2cccc3ccccc23)cc1)NC(=O)[C@@H](CS)Cc1ccccc1. The molecule has 172 valence electrons. The highest BCUT2D eigenvalue weighted by Crippen LogP contribution is 2.28.